The van der Waals surface area contributed by atoms with Crippen molar-refractivity contribution in [3.8, 4) is 0 Å². The van der Waals surface area contributed by atoms with Gasteiger partial charge in [-0.2, -0.15) is 0 Å². The van der Waals surface area contributed by atoms with Crippen molar-refractivity contribution in [3.63, 3.8) is 0 Å². The first-order valence-electron chi connectivity index (χ1n) is 7.63. The Morgan fingerprint density at radius 1 is 1.00 bits per heavy atom. The fraction of sp³-hybridized carbons (Fsp3) is 1.00. The average Bonchev–Trinajstić information content (AvgIpc) is 2.38. The molecule has 104 valence electrons. The molecule has 0 aliphatic carbocycles. The Morgan fingerprint density at radius 2 is 1.61 bits per heavy atom. The van der Waals surface area contributed by atoms with E-state index in [0.717, 1.165) is 17.9 Å². The monoisotopic (exact) mass is 252 g/mol. The number of nitrogens with one attached hydrogen (secondary N) is 1. The standard InChI is InChI=1S/C14H28N4/c1-3-17-10-12-8-16(2)9-13(11-17)14(12)18-6-4-15-5-7-18/h12-15H,3-11H2,1-2H3. The van der Waals surface area contributed by atoms with Gasteiger partial charge < -0.3 is 15.1 Å². The predicted octanol–water partition coefficient (Wildman–Crippen LogP) is -0.226. The van der Waals surface area contributed by atoms with E-state index in [9.17, 15) is 0 Å². The lowest BCUT2D eigenvalue weighted by atomic mass is 9.78. The summed E-state index contributed by atoms with van der Waals surface area (Å²) in [5.41, 5.74) is 0. The zero-order valence-electron chi connectivity index (χ0n) is 11.9. The van der Waals surface area contributed by atoms with Crippen molar-refractivity contribution in [1.29, 1.82) is 0 Å². The van der Waals surface area contributed by atoms with E-state index >= 15 is 0 Å². The second-order valence-corrected chi connectivity index (χ2v) is 6.37. The molecule has 3 aliphatic heterocycles. The summed E-state index contributed by atoms with van der Waals surface area (Å²) < 4.78 is 0. The third-order valence-electron chi connectivity index (χ3n) is 5.06. The third-order valence-corrected chi connectivity index (χ3v) is 5.06. The van der Waals surface area contributed by atoms with Gasteiger partial charge in [0, 0.05) is 70.2 Å². The molecule has 2 atom stereocenters. The molecule has 2 unspecified atom stereocenters. The fourth-order valence-corrected chi connectivity index (χ4v) is 4.38. The molecule has 3 saturated heterocycles. The summed E-state index contributed by atoms with van der Waals surface area (Å²) in [5.74, 6) is 1.72. The number of nitrogens with zero attached hydrogens (tertiary/aromatic N) is 3. The maximum absolute atomic E-state index is 3.49. The first-order chi connectivity index (χ1) is 8.78. The van der Waals surface area contributed by atoms with Crippen LogP contribution in [0.2, 0.25) is 0 Å². The van der Waals surface area contributed by atoms with Crippen LogP contribution in [0.1, 0.15) is 6.92 Å². The highest BCUT2D eigenvalue weighted by molar-refractivity contribution is 4.99. The van der Waals surface area contributed by atoms with Crippen LogP contribution < -0.4 is 5.32 Å². The normalized spacial score (nSPS) is 40.0. The number of piperidine rings is 2. The average molecular weight is 252 g/mol. The molecule has 1 N–H and O–H groups in total. The van der Waals surface area contributed by atoms with Crippen molar-refractivity contribution in [1.82, 2.24) is 20.0 Å². The van der Waals surface area contributed by atoms with E-state index in [1.54, 1.807) is 0 Å². The Hall–Kier alpha value is -0.160. The molecule has 0 amide bonds. The lowest BCUT2D eigenvalue weighted by Crippen LogP contribution is -2.66. The van der Waals surface area contributed by atoms with E-state index in [-0.39, 0.29) is 0 Å². The lowest BCUT2D eigenvalue weighted by Gasteiger charge is -2.54. The number of hydrogen-bond acceptors (Lipinski definition) is 4. The fourth-order valence-electron chi connectivity index (χ4n) is 4.38. The van der Waals surface area contributed by atoms with Gasteiger partial charge in [0.05, 0.1) is 0 Å². The maximum Gasteiger partial charge on any atom is 0.0202 e. The Morgan fingerprint density at radius 3 is 2.17 bits per heavy atom. The summed E-state index contributed by atoms with van der Waals surface area (Å²) in [6.45, 7) is 13.6. The van der Waals surface area contributed by atoms with Crippen LogP contribution in [-0.2, 0) is 0 Å². The molecule has 0 radical (unpaired) electrons. The van der Waals surface area contributed by atoms with Crippen molar-refractivity contribution in [2.75, 3.05) is 66.0 Å². The summed E-state index contributed by atoms with van der Waals surface area (Å²) >= 11 is 0. The van der Waals surface area contributed by atoms with Crippen molar-refractivity contribution in [2.24, 2.45) is 11.8 Å². The molecule has 0 aromatic heterocycles. The molecule has 4 nitrogen and oxygen atoms in total. The first kappa shape index (κ1) is 12.9. The van der Waals surface area contributed by atoms with Crippen LogP contribution in [0.15, 0.2) is 0 Å². The largest absolute Gasteiger partial charge is 0.314 e. The van der Waals surface area contributed by atoms with E-state index in [1.807, 2.05) is 0 Å². The molecule has 3 heterocycles. The van der Waals surface area contributed by atoms with Crippen LogP contribution >= 0.6 is 0 Å². The zero-order chi connectivity index (χ0) is 12.5. The third kappa shape index (κ3) is 2.44. The van der Waals surface area contributed by atoms with E-state index < -0.39 is 0 Å². The summed E-state index contributed by atoms with van der Waals surface area (Å²) in [7, 11) is 2.30. The topological polar surface area (TPSA) is 21.8 Å². The second-order valence-electron chi connectivity index (χ2n) is 6.37. The highest BCUT2D eigenvalue weighted by Crippen LogP contribution is 2.32. The van der Waals surface area contributed by atoms with E-state index in [0.29, 0.717) is 0 Å². The van der Waals surface area contributed by atoms with Crippen LogP contribution in [0.4, 0.5) is 0 Å². The Balaban J connectivity index is 1.73. The molecule has 3 fully saturated rings. The summed E-state index contributed by atoms with van der Waals surface area (Å²) in [4.78, 5) is 8.01. The van der Waals surface area contributed by atoms with Crippen LogP contribution in [-0.4, -0.2) is 86.7 Å². The predicted molar refractivity (Wildman–Crippen MR) is 74.8 cm³/mol. The van der Waals surface area contributed by atoms with Gasteiger partial charge in [0.15, 0.2) is 0 Å². The summed E-state index contributed by atoms with van der Waals surface area (Å²) in [5, 5.41) is 3.49. The number of likely N-dealkylation sites (tertiary alicyclic amines) is 2. The maximum atomic E-state index is 3.49. The molecule has 3 aliphatic rings. The highest BCUT2D eigenvalue weighted by atomic mass is 15.3. The molecule has 0 aromatic carbocycles. The van der Waals surface area contributed by atoms with Gasteiger partial charge in [-0.3, -0.25) is 4.90 Å². The van der Waals surface area contributed by atoms with Gasteiger partial charge in [-0.05, 0) is 13.6 Å². The number of hydrogen-bond donors (Lipinski definition) is 1. The van der Waals surface area contributed by atoms with Crippen molar-refractivity contribution in [3.05, 3.63) is 0 Å². The van der Waals surface area contributed by atoms with Crippen LogP contribution in [0.25, 0.3) is 0 Å². The highest BCUT2D eigenvalue weighted by Gasteiger charge is 2.43. The van der Waals surface area contributed by atoms with E-state index in [1.165, 1.54) is 58.9 Å². The summed E-state index contributed by atoms with van der Waals surface area (Å²) in [6.07, 6.45) is 0. The van der Waals surface area contributed by atoms with Crippen molar-refractivity contribution in [2.45, 2.75) is 13.0 Å². The minimum Gasteiger partial charge on any atom is -0.314 e. The van der Waals surface area contributed by atoms with Gasteiger partial charge in [0.1, 0.15) is 0 Å². The molecule has 18 heavy (non-hydrogen) atoms. The number of rotatable bonds is 2. The van der Waals surface area contributed by atoms with E-state index in [2.05, 4.69) is 34.0 Å². The van der Waals surface area contributed by atoms with Gasteiger partial charge in [0.2, 0.25) is 0 Å². The van der Waals surface area contributed by atoms with Gasteiger partial charge in [-0.1, -0.05) is 6.92 Å². The minimum absolute atomic E-state index is 0.853. The minimum atomic E-state index is 0.853. The first-order valence-corrected chi connectivity index (χ1v) is 7.63. The molecular formula is C14H28N4. The molecule has 0 aromatic rings. The van der Waals surface area contributed by atoms with Gasteiger partial charge in [0.25, 0.3) is 0 Å². The Bertz CT molecular complexity index is 261. The molecular weight excluding hydrogens is 224 g/mol. The van der Waals surface area contributed by atoms with Crippen LogP contribution in [0.3, 0.4) is 0 Å². The molecule has 0 saturated carbocycles. The lowest BCUT2D eigenvalue weighted by molar-refractivity contribution is -0.0468. The smallest absolute Gasteiger partial charge is 0.0202 e. The Kier molecular flexibility index (Phi) is 3.89. The molecule has 0 spiro atoms. The van der Waals surface area contributed by atoms with Crippen molar-refractivity contribution < 1.29 is 0 Å². The van der Waals surface area contributed by atoms with Crippen LogP contribution in [0, 0.1) is 11.8 Å². The van der Waals surface area contributed by atoms with Gasteiger partial charge in [-0.15, -0.1) is 0 Å². The molecule has 4 heteroatoms. The second kappa shape index (κ2) is 5.45. The number of piperazine rings is 1. The summed E-state index contributed by atoms with van der Waals surface area (Å²) in [6, 6.07) is 0.853. The van der Waals surface area contributed by atoms with Gasteiger partial charge >= 0.3 is 0 Å². The Labute approximate surface area is 111 Å². The SMILES string of the molecule is CCN1CC2CN(C)CC(C1)C2N1CCNCC1. The molecule has 2 bridgehead atoms. The quantitative estimate of drug-likeness (QED) is 0.733. The van der Waals surface area contributed by atoms with E-state index in [4.69, 9.17) is 0 Å². The number of fused-ring (bicyclic) bond motifs is 2. The van der Waals surface area contributed by atoms with Crippen molar-refractivity contribution >= 4 is 0 Å². The molecule has 3 rings (SSSR count). The zero-order valence-corrected chi connectivity index (χ0v) is 11.9. The van der Waals surface area contributed by atoms with Crippen LogP contribution in [0.5, 0.6) is 0 Å². The van der Waals surface area contributed by atoms with Gasteiger partial charge in [-0.25, -0.2) is 0 Å².